The van der Waals surface area contributed by atoms with Crippen LogP contribution in [-0.2, 0) is 4.79 Å². The van der Waals surface area contributed by atoms with Crippen LogP contribution in [-0.4, -0.2) is 15.8 Å². The average molecular weight is 356 g/mol. The first-order valence-corrected chi connectivity index (χ1v) is 9.91. The molecule has 1 amide bonds. The van der Waals surface area contributed by atoms with Crippen molar-refractivity contribution in [3.63, 3.8) is 0 Å². The zero-order valence-corrected chi connectivity index (χ0v) is 15.6. The van der Waals surface area contributed by atoms with Crippen LogP contribution in [0.25, 0.3) is 10.9 Å². The van der Waals surface area contributed by atoms with Gasteiger partial charge < -0.3 is 9.88 Å². The van der Waals surface area contributed by atoms with E-state index in [1.165, 1.54) is 28.5 Å². The van der Waals surface area contributed by atoms with E-state index in [9.17, 15) is 4.79 Å². The smallest absolute Gasteiger partial charge is 0.251 e. The van der Waals surface area contributed by atoms with Gasteiger partial charge >= 0.3 is 0 Å². The Labute approximate surface area is 159 Å². The zero-order valence-electron chi connectivity index (χ0n) is 15.6. The number of hydrogen-bond acceptors (Lipinski definition) is 1. The molecule has 3 nitrogen and oxygen atoms in total. The van der Waals surface area contributed by atoms with Crippen LogP contribution in [0.4, 0.5) is 0 Å². The molecule has 0 bridgehead atoms. The van der Waals surface area contributed by atoms with Crippen molar-refractivity contribution < 1.29 is 4.79 Å². The van der Waals surface area contributed by atoms with Gasteiger partial charge in [0.25, 0.3) is 5.91 Å². The molecule has 0 unspecified atom stereocenters. The molecule has 1 aliphatic heterocycles. The van der Waals surface area contributed by atoms with Gasteiger partial charge in [0.15, 0.2) is 0 Å². The second kappa shape index (κ2) is 6.41. The fourth-order valence-corrected chi connectivity index (χ4v) is 4.87. The van der Waals surface area contributed by atoms with Gasteiger partial charge in [0.05, 0.1) is 12.1 Å². The van der Waals surface area contributed by atoms with E-state index in [0.717, 1.165) is 30.4 Å². The molecule has 2 aliphatic rings. The van der Waals surface area contributed by atoms with Crippen molar-refractivity contribution in [1.82, 2.24) is 9.88 Å². The lowest BCUT2D eigenvalue weighted by atomic mass is 9.87. The SMILES string of the molecule is C[C@@H](c1ccccc1)N1C(=O)C2=C(CCCC2)[C@@H]1c1c[nH]c2ccccc12. The number of carbonyl (C=O) groups is 1. The molecule has 2 atom stereocenters. The summed E-state index contributed by atoms with van der Waals surface area (Å²) < 4.78 is 0. The fourth-order valence-electron chi connectivity index (χ4n) is 4.87. The highest BCUT2D eigenvalue weighted by Gasteiger charge is 2.43. The van der Waals surface area contributed by atoms with Gasteiger partial charge in [-0.15, -0.1) is 0 Å². The first-order chi connectivity index (χ1) is 13.3. The van der Waals surface area contributed by atoms with Crippen molar-refractivity contribution in [2.24, 2.45) is 0 Å². The number of hydrogen-bond donors (Lipinski definition) is 1. The summed E-state index contributed by atoms with van der Waals surface area (Å²) in [6, 6.07) is 18.9. The molecular formula is C24H24N2O. The highest BCUT2D eigenvalue weighted by Crippen LogP contribution is 2.49. The van der Waals surface area contributed by atoms with Gasteiger partial charge in [0.1, 0.15) is 0 Å². The molecule has 1 N–H and O–H groups in total. The average Bonchev–Trinajstić information content (AvgIpc) is 3.27. The van der Waals surface area contributed by atoms with Crippen molar-refractivity contribution in [2.75, 3.05) is 0 Å². The molecule has 3 aromatic rings. The minimum absolute atomic E-state index is 0.0409. The first-order valence-electron chi connectivity index (χ1n) is 9.91. The number of nitrogens with zero attached hydrogens (tertiary/aromatic N) is 1. The van der Waals surface area contributed by atoms with Crippen molar-refractivity contribution >= 4 is 16.8 Å². The summed E-state index contributed by atoms with van der Waals surface area (Å²) in [6.45, 7) is 2.16. The molecule has 1 aromatic heterocycles. The van der Waals surface area contributed by atoms with Crippen LogP contribution >= 0.6 is 0 Å². The lowest BCUT2D eigenvalue weighted by Gasteiger charge is -2.33. The summed E-state index contributed by atoms with van der Waals surface area (Å²) in [5.41, 5.74) is 5.97. The first kappa shape index (κ1) is 16.4. The minimum atomic E-state index is 0.0409. The summed E-state index contributed by atoms with van der Waals surface area (Å²) in [4.78, 5) is 19.0. The molecule has 1 aliphatic carbocycles. The number of para-hydroxylation sites is 1. The van der Waals surface area contributed by atoms with Crippen LogP contribution < -0.4 is 0 Å². The fraction of sp³-hybridized carbons (Fsp3) is 0.292. The quantitative estimate of drug-likeness (QED) is 0.643. The van der Waals surface area contributed by atoms with E-state index in [-0.39, 0.29) is 18.0 Å². The van der Waals surface area contributed by atoms with Gasteiger partial charge in [0.2, 0.25) is 0 Å². The predicted octanol–water partition coefficient (Wildman–Crippen LogP) is 5.68. The maximum atomic E-state index is 13.5. The number of rotatable bonds is 3. The molecule has 5 rings (SSSR count). The van der Waals surface area contributed by atoms with E-state index in [1.54, 1.807) is 0 Å². The molecule has 0 fully saturated rings. The molecule has 0 radical (unpaired) electrons. The normalized spacial score (nSPS) is 21.0. The van der Waals surface area contributed by atoms with Gasteiger partial charge in [0, 0.05) is 28.2 Å². The number of benzene rings is 2. The Bertz CT molecular complexity index is 1030. The molecule has 3 heteroatoms. The second-order valence-electron chi connectivity index (χ2n) is 7.70. The highest BCUT2D eigenvalue weighted by molar-refractivity contribution is 5.99. The third-order valence-corrected chi connectivity index (χ3v) is 6.23. The summed E-state index contributed by atoms with van der Waals surface area (Å²) in [5, 5.41) is 1.22. The number of H-pyrrole nitrogens is 1. The Hall–Kier alpha value is -2.81. The molecule has 2 aromatic carbocycles. The van der Waals surface area contributed by atoms with Crippen molar-refractivity contribution in [2.45, 2.75) is 44.7 Å². The van der Waals surface area contributed by atoms with Crippen LogP contribution in [0, 0.1) is 0 Å². The van der Waals surface area contributed by atoms with Crippen molar-refractivity contribution in [1.29, 1.82) is 0 Å². The Balaban J connectivity index is 1.66. The van der Waals surface area contributed by atoms with E-state index in [0.29, 0.717) is 0 Å². The lowest BCUT2D eigenvalue weighted by Crippen LogP contribution is -2.32. The second-order valence-corrected chi connectivity index (χ2v) is 7.70. The van der Waals surface area contributed by atoms with Gasteiger partial charge in [-0.05, 0) is 49.8 Å². The van der Waals surface area contributed by atoms with Crippen LogP contribution in [0.15, 0.2) is 71.9 Å². The predicted molar refractivity (Wildman–Crippen MR) is 108 cm³/mol. The molecule has 0 saturated heterocycles. The standard InChI is InChI=1S/C24H24N2O/c1-16(17-9-3-2-4-10-17)26-23(19-12-5-6-13-20(19)24(26)27)21-15-25-22-14-8-7-11-18(21)22/h2-4,7-11,14-16,23,25H,5-6,12-13H2,1H3/t16-,23+/m0/s1. The molecule has 0 saturated carbocycles. The maximum Gasteiger partial charge on any atom is 0.251 e. The number of aromatic nitrogens is 1. The van der Waals surface area contributed by atoms with E-state index >= 15 is 0 Å². The van der Waals surface area contributed by atoms with Crippen LogP contribution in [0.1, 0.15) is 55.8 Å². The molecule has 2 heterocycles. The summed E-state index contributed by atoms with van der Waals surface area (Å²) in [7, 11) is 0. The van der Waals surface area contributed by atoms with Crippen molar-refractivity contribution in [3.8, 4) is 0 Å². The van der Waals surface area contributed by atoms with Gasteiger partial charge in [-0.3, -0.25) is 4.79 Å². The summed E-state index contributed by atoms with van der Waals surface area (Å²) >= 11 is 0. The van der Waals surface area contributed by atoms with Crippen LogP contribution in [0.3, 0.4) is 0 Å². The van der Waals surface area contributed by atoms with Gasteiger partial charge in [-0.2, -0.15) is 0 Å². The van der Waals surface area contributed by atoms with Gasteiger partial charge in [-0.25, -0.2) is 0 Å². The van der Waals surface area contributed by atoms with E-state index in [4.69, 9.17) is 0 Å². The monoisotopic (exact) mass is 356 g/mol. The van der Waals surface area contributed by atoms with Gasteiger partial charge in [-0.1, -0.05) is 48.5 Å². The third kappa shape index (κ3) is 2.53. The number of fused-ring (bicyclic) bond motifs is 1. The van der Waals surface area contributed by atoms with E-state index in [1.807, 2.05) is 6.07 Å². The largest absolute Gasteiger partial charge is 0.361 e. The molecule has 27 heavy (non-hydrogen) atoms. The number of aromatic amines is 1. The van der Waals surface area contributed by atoms with Crippen LogP contribution in [0.2, 0.25) is 0 Å². The van der Waals surface area contributed by atoms with E-state index in [2.05, 4.69) is 71.5 Å². The van der Waals surface area contributed by atoms with Crippen LogP contribution in [0.5, 0.6) is 0 Å². The summed E-state index contributed by atoms with van der Waals surface area (Å²) in [6.07, 6.45) is 6.36. The number of amides is 1. The van der Waals surface area contributed by atoms with Crippen molar-refractivity contribution in [3.05, 3.63) is 83.1 Å². The Morgan fingerprint density at radius 1 is 1.00 bits per heavy atom. The molecule has 136 valence electrons. The maximum absolute atomic E-state index is 13.5. The molecule has 0 spiro atoms. The topological polar surface area (TPSA) is 36.1 Å². The highest BCUT2D eigenvalue weighted by atomic mass is 16.2. The Morgan fingerprint density at radius 2 is 1.74 bits per heavy atom. The third-order valence-electron chi connectivity index (χ3n) is 6.23. The number of nitrogens with one attached hydrogen (secondary N) is 1. The summed E-state index contributed by atoms with van der Waals surface area (Å²) in [5.74, 6) is 0.233. The Kier molecular flexibility index (Phi) is 3.89. The lowest BCUT2D eigenvalue weighted by molar-refractivity contribution is -0.129. The minimum Gasteiger partial charge on any atom is -0.361 e. The Morgan fingerprint density at radius 3 is 2.59 bits per heavy atom. The molecular weight excluding hydrogens is 332 g/mol. The zero-order chi connectivity index (χ0) is 18.4. The van der Waals surface area contributed by atoms with E-state index < -0.39 is 0 Å². The number of carbonyl (C=O) groups excluding carboxylic acids is 1.